The van der Waals surface area contributed by atoms with E-state index in [2.05, 4.69) is 4.18 Å². The van der Waals surface area contributed by atoms with Gasteiger partial charge in [-0.2, -0.15) is 34.8 Å². The van der Waals surface area contributed by atoms with Crippen LogP contribution in [0.5, 0.6) is 5.75 Å². The second-order valence-corrected chi connectivity index (χ2v) is 8.56. The molecule has 0 heterocycles. The fourth-order valence-corrected chi connectivity index (χ4v) is 3.30. The van der Waals surface area contributed by atoms with Gasteiger partial charge in [0.25, 0.3) is 0 Å². The first-order chi connectivity index (χ1) is 12.4. The van der Waals surface area contributed by atoms with Crippen LogP contribution < -0.4 is 4.18 Å². The molecule has 0 atom stereocenters. The van der Waals surface area contributed by atoms with Gasteiger partial charge in [0.1, 0.15) is 12.0 Å². The summed E-state index contributed by atoms with van der Waals surface area (Å²) in [6.07, 6.45) is 0.427. The summed E-state index contributed by atoms with van der Waals surface area (Å²) >= 11 is 0. The Morgan fingerprint density at radius 2 is 1.32 bits per heavy atom. The minimum atomic E-state index is -6.54. The average molecular weight is 434 g/mol. The van der Waals surface area contributed by atoms with Crippen LogP contribution in [0.25, 0.3) is 0 Å². The zero-order valence-electron chi connectivity index (χ0n) is 15.7. The number of hydrogen-bond acceptors (Lipinski definition) is 4. The third kappa shape index (κ3) is 4.13. The van der Waals surface area contributed by atoms with Crippen LogP contribution in [0, 0.1) is 0 Å². The third-order valence-electron chi connectivity index (χ3n) is 3.97. The van der Waals surface area contributed by atoms with Crippen molar-refractivity contribution in [2.24, 2.45) is 0 Å². The normalized spacial score (nSPS) is 13.9. The molecule has 0 saturated heterocycles. The predicted molar refractivity (Wildman–Crippen MR) is 90.1 cm³/mol. The summed E-state index contributed by atoms with van der Waals surface area (Å²) in [5.74, 6) is -13.4. The van der Waals surface area contributed by atoms with Crippen LogP contribution in [0.1, 0.15) is 67.9 Å². The van der Waals surface area contributed by atoms with Crippen molar-refractivity contribution in [2.45, 2.75) is 63.6 Å². The average Bonchev–Trinajstić information content (AvgIpc) is 2.52. The van der Waals surface area contributed by atoms with Crippen molar-refractivity contribution < 1.29 is 43.7 Å². The number of aldehydes is 1. The SMILES string of the molecule is CC(C)c1cc(C=O)cc(C(C)C)c1OS(=O)(=O)C(F)(F)C(F)(F)C(C)(F)F. The van der Waals surface area contributed by atoms with E-state index in [1.807, 2.05) is 0 Å². The third-order valence-corrected chi connectivity index (χ3v) is 5.24. The van der Waals surface area contributed by atoms with Crippen molar-refractivity contribution in [2.75, 3.05) is 0 Å². The van der Waals surface area contributed by atoms with Gasteiger partial charge in [0.05, 0.1) is 0 Å². The van der Waals surface area contributed by atoms with Gasteiger partial charge < -0.3 is 4.18 Å². The maximum atomic E-state index is 14.0. The molecule has 0 fully saturated rings. The summed E-state index contributed by atoms with van der Waals surface area (Å²) in [5.41, 5.74) is 0.0211. The summed E-state index contributed by atoms with van der Waals surface area (Å²) < 4.78 is 109. The number of alkyl halides is 6. The molecule has 0 N–H and O–H groups in total. The largest absolute Gasteiger partial charge is 0.449 e. The van der Waals surface area contributed by atoms with Crippen molar-refractivity contribution in [3.8, 4) is 5.75 Å². The summed E-state index contributed by atoms with van der Waals surface area (Å²) in [6, 6.07) is 2.30. The lowest BCUT2D eigenvalue weighted by Crippen LogP contribution is -2.57. The van der Waals surface area contributed by atoms with Gasteiger partial charge in [-0.1, -0.05) is 27.7 Å². The second kappa shape index (κ2) is 7.57. The molecule has 1 aromatic rings. The lowest BCUT2D eigenvalue weighted by Gasteiger charge is -2.30. The van der Waals surface area contributed by atoms with Gasteiger partial charge >= 0.3 is 27.2 Å². The maximum absolute atomic E-state index is 14.0. The lowest BCUT2D eigenvalue weighted by molar-refractivity contribution is -0.272. The highest BCUT2D eigenvalue weighted by Crippen LogP contribution is 2.49. The highest BCUT2D eigenvalue weighted by atomic mass is 32.2. The van der Waals surface area contributed by atoms with Crippen LogP contribution in [0.4, 0.5) is 26.3 Å². The van der Waals surface area contributed by atoms with E-state index in [0.717, 1.165) is 12.1 Å². The first-order valence-electron chi connectivity index (χ1n) is 8.11. The fraction of sp³-hybridized carbons (Fsp3) is 0.588. The number of hydrogen-bond donors (Lipinski definition) is 0. The zero-order chi connectivity index (χ0) is 22.3. The molecule has 0 bridgehead atoms. The molecule has 0 aliphatic heterocycles. The second-order valence-electron chi connectivity index (χ2n) is 6.97. The number of carbonyl (C=O) groups excluding carboxylic acids is 1. The van der Waals surface area contributed by atoms with Crippen LogP contribution in [0.15, 0.2) is 12.1 Å². The first-order valence-corrected chi connectivity index (χ1v) is 9.52. The van der Waals surface area contributed by atoms with Crippen LogP contribution in [-0.4, -0.2) is 31.8 Å². The minimum absolute atomic E-state index is 0.0285. The molecule has 1 rings (SSSR count). The molecule has 0 amide bonds. The number of halogens is 6. The molecule has 0 aliphatic rings. The molecule has 11 heteroatoms. The molecule has 0 saturated carbocycles. The Bertz CT molecular complexity index is 813. The molecule has 0 spiro atoms. The predicted octanol–water partition coefficient (Wildman–Crippen LogP) is 5.34. The highest BCUT2D eigenvalue weighted by molar-refractivity contribution is 7.88. The van der Waals surface area contributed by atoms with Gasteiger partial charge in [-0.15, -0.1) is 0 Å². The van der Waals surface area contributed by atoms with E-state index in [4.69, 9.17) is 0 Å². The van der Waals surface area contributed by atoms with E-state index in [9.17, 15) is 39.6 Å². The minimum Gasteiger partial charge on any atom is -0.377 e. The van der Waals surface area contributed by atoms with Gasteiger partial charge in [0.2, 0.25) is 0 Å². The number of benzene rings is 1. The Labute approximate surface area is 159 Å². The first kappa shape index (κ1) is 24.3. The maximum Gasteiger partial charge on any atom is 0.449 e. The van der Waals surface area contributed by atoms with Crippen molar-refractivity contribution in [3.05, 3.63) is 28.8 Å². The highest BCUT2D eigenvalue weighted by Gasteiger charge is 2.77. The topological polar surface area (TPSA) is 60.4 Å². The molecular weight excluding hydrogens is 414 g/mol. The number of carbonyl (C=O) groups is 1. The number of rotatable bonds is 8. The molecule has 0 aliphatic carbocycles. The standard InChI is InChI=1S/C17H20F6O4S/c1-9(2)12-6-11(8-24)7-13(10(3)4)14(12)27-28(25,26)17(22,23)16(20,21)15(5,18)19/h6-10H,1-5H3. The molecule has 0 aromatic heterocycles. The molecular formula is C17H20F6O4S. The fourth-order valence-electron chi connectivity index (χ4n) is 2.30. The summed E-state index contributed by atoms with van der Waals surface area (Å²) in [4.78, 5) is 11.1. The van der Waals surface area contributed by atoms with E-state index < -0.39 is 51.7 Å². The Kier molecular flexibility index (Phi) is 6.55. The van der Waals surface area contributed by atoms with Crippen molar-refractivity contribution in [1.29, 1.82) is 0 Å². The van der Waals surface area contributed by atoms with Crippen LogP contribution in [-0.2, 0) is 10.1 Å². The van der Waals surface area contributed by atoms with Gasteiger partial charge in [0, 0.05) is 12.5 Å². The monoisotopic (exact) mass is 434 g/mol. The van der Waals surface area contributed by atoms with E-state index in [1.165, 1.54) is 27.7 Å². The van der Waals surface area contributed by atoms with Crippen molar-refractivity contribution >= 4 is 16.4 Å². The van der Waals surface area contributed by atoms with Crippen LogP contribution in [0.3, 0.4) is 0 Å². The van der Waals surface area contributed by atoms with Crippen LogP contribution in [0.2, 0.25) is 0 Å². The van der Waals surface area contributed by atoms with Crippen molar-refractivity contribution in [1.82, 2.24) is 0 Å². The van der Waals surface area contributed by atoms with Crippen LogP contribution >= 0.6 is 0 Å². The lowest BCUT2D eigenvalue weighted by atomic mass is 9.92. The van der Waals surface area contributed by atoms with Gasteiger partial charge in [-0.05, 0) is 35.1 Å². The Morgan fingerprint density at radius 3 is 1.61 bits per heavy atom. The molecule has 4 nitrogen and oxygen atoms in total. The summed E-state index contributed by atoms with van der Waals surface area (Å²) in [5, 5.41) is -6.22. The van der Waals surface area contributed by atoms with Crippen molar-refractivity contribution in [3.63, 3.8) is 0 Å². The van der Waals surface area contributed by atoms with Gasteiger partial charge in [-0.25, -0.2) is 0 Å². The van der Waals surface area contributed by atoms with E-state index >= 15 is 0 Å². The van der Waals surface area contributed by atoms with Gasteiger partial charge in [-0.3, -0.25) is 4.79 Å². The Morgan fingerprint density at radius 1 is 0.929 bits per heavy atom. The van der Waals surface area contributed by atoms with E-state index in [1.54, 1.807) is 0 Å². The molecule has 0 radical (unpaired) electrons. The summed E-state index contributed by atoms with van der Waals surface area (Å²) in [7, 11) is -6.54. The smallest absolute Gasteiger partial charge is 0.377 e. The zero-order valence-corrected chi connectivity index (χ0v) is 16.5. The van der Waals surface area contributed by atoms with E-state index in [0.29, 0.717) is 6.29 Å². The Hall–Kier alpha value is -1.78. The van der Waals surface area contributed by atoms with Gasteiger partial charge in [0.15, 0.2) is 0 Å². The molecule has 160 valence electrons. The quantitative estimate of drug-likeness (QED) is 0.315. The Balaban J connectivity index is 3.69. The summed E-state index contributed by atoms with van der Waals surface area (Å²) in [6.45, 7) is 5.54. The molecule has 28 heavy (non-hydrogen) atoms. The molecule has 0 unspecified atom stereocenters. The van der Waals surface area contributed by atoms with E-state index in [-0.39, 0.29) is 16.7 Å². The molecule has 1 aromatic carbocycles.